The molecule has 11 heteroatoms. The molecule has 0 bridgehead atoms. The number of carbonyl (C=O) groups is 1. The minimum Gasteiger partial charge on any atom is -0.488 e. The van der Waals surface area contributed by atoms with Crippen LogP contribution in [-0.4, -0.2) is 55.9 Å². The Morgan fingerprint density at radius 3 is 2.70 bits per heavy atom. The molecule has 3 aromatic heterocycles. The third-order valence-electron chi connectivity index (χ3n) is 6.25. The summed E-state index contributed by atoms with van der Waals surface area (Å²) in [5.74, 6) is 1.78. The quantitative estimate of drug-likeness (QED) is 0.352. The topological polar surface area (TPSA) is 123 Å². The molecular formula is C26H22N6O4S. The summed E-state index contributed by atoms with van der Waals surface area (Å²) in [6.45, 7) is 3.92. The Bertz CT molecular complexity index is 1670. The van der Waals surface area contributed by atoms with Gasteiger partial charge in [-0.05, 0) is 43.7 Å². The molecule has 6 rings (SSSR count). The molecule has 5 aromatic rings. The summed E-state index contributed by atoms with van der Waals surface area (Å²) in [5.41, 5.74) is 5.76. The van der Waals surface area contributed by atoms with E-state index in [0.29, 0.717) is 23.8 Å². The number of rotatable bonds is 5. The van der Waals surface area contributed by atoms with Crippen molar-refractivity contribution in [2.75, 3.05) is 18.6 Å². The van der Waals surface area contributed by atoms with Crippen LogP contribution in [0.15, 0.2) is 42.9 Å². The zero-order valence-corrected chi connectivity index (χ0v) is 21.1. The second kappa shape index (κ2) is 8.93. The first kappa shape index (κ1) is 23.0. The number of benzene rings is 2. The van der Waals surface area contributed by atoms with Crippen LogP contribution in [0.5, 0.6) is 11.6 Å². The number of fused-ring (bicyclic) bond motifs is 4. The van der Waals surface area contributed by atoms with Crippen molar-refractivity contribution < 1.29 is 19.4 Å². The fourth-order valence-corrected chi connectivity index (χ4v) is 5.66. The first-order valence-electron chi connectivity index (χ1n) is 11.6. The van der Waals surface area contributed by atoms with Gasteiger partial charge in [-0.2, -0.15) is 0 Å². The van der Waals surface area contributed by atoms with E-state index in [0.717, 1.165) is 48.7 Å². The zero-order valence-electron chi connectivity index (χ0n) is 20.3. The predicted molar refractivity (Wildman–Crippen MR) is 140 cm³/mol. The molecule has 1 aliphatic heterocycles. The Kier molecular flexibility index (Phi) is 5.56. The van der Waals surface area contributed by atoms with E-state index in [1.54, 1.807) is 31.6 Å². The number of ether oxygens (including phenoxy) is 2. The van der Waals surface area contributed by atoms with Gasteiger partial charge in [0.2, 0.25) is 5.88 Å². The summed E-state index contributed by atoms with van der Waals surface area (Å²) in [6.07, 6.45) is 3.77. The monoisotopic (exact) mass is 514 g/mol. The summed E-state index contributed by atoms with van der Waals surface area (Å²) in [6, 6.07) is 7.88. The lowest BCUT2D eigenvalue weighted by Gasteiger charge is -2.22. The lowest BCUT2D eigenvalue weighted by Crippen LogP contribution is -2.38. The fraction of sp³-hybridized carbons (Fsp3) is 0.231. The smallest absolute Gasteiger partial charge is 0.412 e. The van der Waals surface area contributed by atoms with Crippen molar-refractivity contribution in [3.8, 4) is 22.2 Å². The highest BCUT2D eigenvalue weighted by molar-refractivity contribution is 7.22. The van der Waals surface area contributed by atoms with E-state index in [-0.39, 0.29) is 12.6 Å². The number of thiazole rings is 1. The van der Waals surface area contributed by atoms with Gasteiger partial charge in [0.25, 0.3) is 0 Å². The van der Waals surface area contributed by atoms with Crippen LogP contribution in [0.1, 0.15) is 17.0 Å². The summed E-state index contributed by atoms with van der Waals surface area (Å²) in [5, 5.41) is 10.6. The molecule has 186 valence electrons. The SMILES string of the molecule is COc1cnc2c(-c3nc4ccc5c(c4s3)CC(CN(C(=O)O)c3cnc(C)nc3)O5)cc(C)cc2n1. The highest BCUT2D eigenvalue weighted by Gasteiger charge is 2.30. The molecule has 0 spiro atoms. The summed E-state index contributed by atoms with van der Waals surface area (Å²) >= 11 is 1.57. The van der Waals surface area contributed by atoms with Crippen LogP contribution in [0, 0.1) is 13.8 Å². The van der Waals surface area contributed by atoms with E-state index < -0.39 is 6.09 Å². The third-order valence-corrected chi connectivity index (χ3v) is 7.41. The van der Waals surface area contributed by atoms with Crippen molar-refractivity contribution >= 4 is 44.4 Å². The molecule has 1 N–H and O–H groups in total. The van der Waals surface area contributed by atoms with E-state index in [1.807, 2.05) is 25.1 Å². The molecule has 2 aromatic carbocycles. The van der Waals surface area contributed by atoms with E-state index in [4.69, 9.17) is 14.5 Å². The summed E-state index contributed by atoms with van der Waals surface area (Å²) in [4.78, 5) is 35.5. The van der Waals surface area contributed by atoms with Crippen LogP contribution < -0.4 is 14.4 Å². The minimum atomic E-state index is -1.08. The molecule has 1 aliphatic rings. The number of carboxylic acid groups (broad SMARTS) is 1. The zero-order chi connectivity index (χ0) is 25.7. The molecule has 0 saturated carbocycles. The van der Waals surface area contributed by atoms with Crippen LogP contribution in [0.4, 0.5) is 10.5 Å². The maximum absolute atomic E-state index is 12.0. The van der Waals surface area contributed by atoms with Crippen LogP contribution in [-0.2, 0) is 6.42 Å². The molecule has 1 amide bonds. The van der Waals surface area contributed by atoms with Gasteiger partial charge in [0.1, 0.15) is 22.7 Å². The Labute approximate surface area is 215 Å². The number of hydrogen-bond donors (Lipinski definition) is 1. The first-order chi connectivity index (χ1) is 17.9. The van der Waals surface area contributed by atoms with E-state index in [1.165, 1.54) is 17.3 Å². The molecule has 4 heterocycles. The summed E-state index contributed by atoms with van der Waals surface area (Å²) in [7, 11) is 1.57. The lowest BCUT2D eigenvalue weighted by atomic mass is 10.1. The molecule has 1 unspecified atom stereocenters. The Morgan fingerprint density at radius 2 is 1.95 bits per heavy atom. The van der Waals surface area contributed by atoms with Gasteiger partial charge in [-0.1, -0.05) is 0 Å². The number of aryl methyl sites for hydroxylation is 2. The maximum Gasteiger partial charge on any atom is 0.412 e. The van der Waals surface area contributed by atoms with Gasteiger partial charge in [-0.15, -0.1) is 11.3 Å². The van der Waals surface area contributed by atoms with Gasteiger partial charge >= 0.3 is 6.09 Å². The van der Waals surface area contributed by atoms with Crippen molar-refractivity contribution in [3.05, 3.63) is 59.8 Å². The third kappa shape index (κ3) is 4.16. The molecule has 0 radical (unpaired) electrons. The highest BCUT2D eigenvalue weighted by atomic mass is 32.1. The number of anilines is 1. The van der Waals surface area contributed by atoms with Crippen LogP contribution in [0.3, 0.4) is 0 Å². The van der Waals surface area contributed by atoms with Gasteiger partial charge < -0.3 is 14.6 Å². The molecule has 37 heavy (non-hydrogen) atoms. The van der Waals surface area contributed by atoms with Gasteiger partial charge in [-0.3, -0.25) is 4.90 Å². The number of amides is 1. The minimum absolute atomic E-state index is 0.156. The van der Waals surface area contributed by atoms with Crippen molar-refractivity contribution in [3.63, 3.8) is 0 Å². The number of methoxy groups -OCH3 is 1. The Morgan fingerprint density at radius 1 is 1.14 bits per heavy atom. The molecule has 0 saturated heterocycles. The number of hydrogen-bond acceptors (Lipinski definition) is 9. The van der Waals surface area contributed by atoms with Gasteiger partial charge in [0.05, 0.1) is 59.2 Å². The van der Waals surface area contributed by atoms with Crippen molar-refractivity contribution in [2.45, 2.75) is 26.4 Å². The number of aromatic nitrogens is 5. The van der Waals surface area contributed by atoms with Crippen molar-refractivity contribution in [1.82, 2.24) is 24.9 Å². The van der Waals surface area contributed by atoms with Crippen molar-refractivity contribution in [2.24, 2.45) is 0 Å². The number of nitrogens with zero attached hydrogens (tertiary/aromatic N) is 6. The van der Waals surface area contributed by atoms with Gasteiger partial charge in [0.15, 0.2) is 0 Å². The van der Waals surface area contributed by atoms with E-state index in [2.05, 4.69) is 26.0 Å². The molecule has 1 atom stereocenters. The highest BCUT2D eigenvalue weighted by Crippen LogP contribution is 2.42. The van der Waals surface area contributed by atoms with Crippen LogP contribution in [0.25, 0.3) is 31.8 Å². The average Bonchev–Trinajstić information content (AvgIpc) is 3.50. The fourth-order valence-electron chi connectivity index (χ4n) is 4.53. The second-order valence-corrected chi connectivity index (χ2v) is 9.83. The summed E-state index contributed by atoms with van der Waals surface area (Å²) < 4.78 is 12.4. The Balaban J connectivity index is 1.34. The normalized spacial score (nSPS) is 14.5. The maximum atomic E-state index is 12.0. The molecular weight excluding hydrogens is 492 g/mol. The average molecular weight is 515 g/mol. The standard InChI is InChI=1S/C26H22N6O4S/c1-13-6-18(23-20(7-13)30-22(35-3)11-29-23)25-31-19-4-5-21-17(24(19)37-25)8-16(36-21)12-32(26(33)34)15-9-27-14(2)28-10-15/h4-7,9-11,16H,8,12H2,1-3H3,(H,33,34). The molecule has 0 fully saturated rings. The van der Waals surface area contributed by atoms with Crippen LogP contribution in [0.2, 0.25) is 0 Å². The van der Waals surface area contributed by atoms with Crippen molar-refractivity contribution in [1.29, 1.82) is 0 Å². The molecule has 10 nitrogen and oxygen atoms in total. The molecule has 0 aliphatic carbocycles. The van der Waals surface area contributed by atoms with Crippen LogP contribution >= 0.6 is 11.3 Å². The first-order valence-corrected chi connectivity index (χ1v) is 12.4. The second-order valence-electron chi connectivity index (χ2n) is 8.83. The predicted octanol–water partition coefficient (Wildman–Crippen LogP) is 4.81. The van der Waals surface area contributed by atoms with Gasteiger partial charge in [0, 0.05) is 17.5 Å². The van der Waals surface area contributed by atoms with E-state index >= 15 is 0 Å². The van der Waals surface area contributed by atoms with Gasteiger partial charge in [-0.25, -0.2) is 29.7 Å². The largest absolute Gasteiger partial charge is 0.488 e. The van der Waals surface area contributed by atoms with E-state index in [9.17, 15) is 9.90 Å². The Hall–Kier alpha value is -4.38. The lowest BCUT2D eigenvalue weighted by molar-refractivity contribution is 0.191.